The van der Waals surface area contributed by atoms with Crippen LogP contribution in [0.3, 0.4) is 0 Å². The van der Waals surface area contributed by atoms with E-state index in [-0.39, 0.29) is 5.41 Å². The molecule has 2 heterocycles. The molecule has 0 saturated carbocycles. The molecule has 18 heavy (non-hydrogen) atoms. The summed E-state index contributed by atoms with van der Waals surface area (Å²) in [7, 11) is 2.21. The van der Waals surface area contributed by atoms with E-state index in [4.69, 9.17) is 10.7 Å². The maximum absolute atomic E-state index is 5.69. The van der Waals surface area contributed by atoms with Gasteiger partial charge in [-0.25, -0.2) is 4.98 Å². The van der Waals surface area contributed by atoms with Gasteiger partial charge in [0.25, 0.3) is 0 Å². The molecule has 1 atom stereocenters. The Morgan fingerprint density at radius 2 is 2.33 bits per heavy atom. The topological polar surface area (TPSA) is 42.2 Å². The van der Waals surface area contributed by atoms with Crippen LogP contribution in [0.25, 0.3) is 0 Å². The van der Waals surface area contributed by atoms with Crippen LogP contribution in [0.2, 0.25) is 0 Å². The Morgan fingerprint density at radius 3 is 3.00 bits per heavy atom. The normalized spacial score (nSPS) is 22.3. The zero-order chi connectivity index (χ0) is 13.2. The Hall–Kier alpha value is -0.450. The molecule has 0 bridgehead atoms. The molecular weight excluding hydrogens is 242 g/mol. The summed E-state index contributed by atoms with van der Waals surface area (Å²) in [6.45, 7) is 7.60. The Balaban J connectivity index is 2.10. The molecule has 1 aliphatic heterocycles. The lowest BCUT2D eigenvalue weighted by atomic mass is 9.86. The number of likely N-dealkylation sites (tertiary alicyclic amines) is 1. The Labute approximate surface area is 114 Å². The number of hydrogen-bond acceptors (Lipinski definition) is 4. The number of aromatic nitrogens is 1. The fourth-order valence-electron chi connectivity index (χ4n) is 2.64. The second-order valence-corrected chi connectivity index (χ2v) is 6.98. The summed E-state index contributed by atoms with van der Waals surface area (Å²) < 4.78 is 0. The molecule has 0 aromatic carbocycles. The van der Waals surface area contributed by atoms with Gasteiger partial charge in [-0.2, -0.15) is 0 Å². The van der Waals surface area contributed by atoms with Crippen LogP contribution in [0.5, 0.6) is 0 Å². The molecule has 1 unspecified atom stereocenters. The molecule has 0 amide bonds. The van der Waals surface area contributed by atoms with Gasteiger partial charge in [-0.1, -0.05) is 13.8 Å². The Morgan fingerprint density at radius 1 is 1.56 bits per heavy atom. The third-order valence-electron chi connectivity index (χ3n) is 3.96. The molecular formula is C14H25N3S. The molecule has 3 nitrogen and oxygen atoms in total. The highest BCUT2D eigenvalue weighted by molar-refractivity contribution is 7.09. The molecule has 1 aromatic rings. The SMILES string of the molecule is CN1CCCC(c2nc(C(C)(C)CCN)cs2)C1. The first-order valence-corrected chi connectivity index (χ1v) is 7.75. The predicted octanol–water partition coefficient (Wildman–Crippen LogP) is 2.58. The molecule has 1 aliphatic rings. The number of nitrogens with two attached hydrogens (primary N) is 1. The van der Waals surface area contributed by atoms with E-state index in [9.17, 15) is 0 Å². The molecule has 0 radical (unpaired) electrons. The van der Waals surface area contributed by atoms with Crippen molar-refractivity contribution < 1.29 is 0 Å². The average molecular weight is 267 g/mol. The smallest absolute Gasteiger partial charge is 0.0972 e. The summed E-state index contributed by atoms with van der Waals surface area (Å²) in [5.74, 6) is 0.635. The molecule has 2 N–H and O–H groups in total. The Kier molecular flexibility index (Phi) is 4.41. The van der Waals surface area contributed by atoms with E-state index in [0.717, 1.165) is 19.5 Å². The average Bonchev–Trinajstić information content (AvgIpc) is 2.78. The molecule has 1 saturated heterocycles. The number of nitrogens with zero attached hydrogens (tertiary/aromatic N) is 2. The van der Waals surface area contributed by atoms with Crippen LogP contribution in [0.15, 0.2) is 5.38 Å². The summed E-state index contributed by atoms with van der Waals surface area (Å²) in [5, 5.41) is 3.56. The second kappa shape index (κ2) is 5.68. The quantitative estimate of drug-likeness (QED) is 0.911. The molecule has 1 aromatic heterocycles. The number of likely N-dealkylation sites (N-methyl/N-ethyl adjacent to an activating group) is 1. The zero-order valence-electron chi connectivity index (χ0n) is 11.8. The summed E-state index contributed by atoms with van der Waals surface area (Å²) in [4.78, 5) is 7.31. The van der Waals surface area contributed by atoms with Gasteiger partial charge in [0.2, 0.25) is 0 Å². The molecule has 0 aliphatic carbocycles. The van der Waals surface area contributed by atoms with E-state index in [2.05, 4.69) is 31.2 Å². The third kappa shape index (κ3) is 3.11. The number of piperidine rings is 1. The minimum Gasteiger partial charge on any atom is -0.330 e. The van der Waals surface area contributed by atoms with Gasteiger partial charge in [0.1, 0.15) is 0 Å². The largest absolute Gasteiger partial charge is 0.330 e. The van der Waals surface area contributed by atoms with Gasteiger partial charge >= 0.3 is 0 Å². The number of rotatable bonds is 4. The van der Waals surface area contributed by atoms with Crippen LogP contribution in [0.4, 0.5) is 0 Å². The van der Waals surface area contributed by atoms with E-state index in [0.29, 0.717) is 5.92 Å². The van der Waals surface area contributed by atoms with Crippen molar-refractivity contribution in [3.05, 3.63) is 16.1 Å². The molecule has 1 fully saturated rings. The minimum atomic E-state index is 0.115. The van der Waals surface area contributed by atoms with Gasteiger partial charge in [-0.3, -0.25) is 0 Å². The van der Waals surface area contributed by atoms with Crippen molar-refractivity contribution in [2.24, 2.45) is 5.73 Å². The molecule has 0 spiro atoms. The van der Waals surface area contributed by atoms with E-state index < -0.39 is 0 Å². The first-order valence-electron chi connectivity index (χ1n) is 6.87. The van der Waals surface area contributed by atoms with Crippen molar-refractivity contribution in [1.82, 2.24) is 9.88 Å². The summed E-state index contributed by atoms with van der Waals surface area (Å²) in [6, 6.07) is 0. The van der Waals surface area contributed by atoms with Crippen molar-refractivity contribution in [1.29, 1.82) is 0 Å². The number of hydrogen-bond donors (Lipinski definition) is 1. The highest BCUT2D eigenvalue weighted by Crippen LogP contribution is 2.33. The lowest BCUT2D eigenvalue weighted by Crippen LogP contribution is -2.31. The fourth-order valence-corrected chi connectivity index (χ4v) is 3.78. The zero-order valence-corrected chi connectivity index (χ0v) is 12.6. The third-order valence-corrected chi connectivity index (χ3v) is 4.97. The van der Waals surface area contributed by atoms with Gasteiger partial charge in [-0.15, -0.1) is 11.3 Å². The minimum absolute atomic E-state index is 0.115. The van der Waals surface area contributed by atoms with E-state index in [1.165, 1.54) is 30.1 Å². The summed E-state index contributed by atoms with van der Waals surface area (Å²) in [5.41, 5.74) is 7.03. The molecule has 102 valence electrons. The van der Waals surface area contributed by atoms with Crippen molar-refractivity contribution in [2.75, 3.05) is 26.7 Å². The Bertz CT molecular complexity index is 386. The number of thiazole rings is 1. The summed E-state index contributed by atoms with van der Waals surface area (Å²) >= 11 is 1.83. The summed E-state index contributed by atoms with van der Waals surface area (Å²) in [6.07, 6.45) is 3.58. The van der Waals surface area contributed by atoms with Crippen molar-refractivity contribution in [3.8, 4) is 0 Å². The van der Waals surface area contributed by atoms with Crippen molar-refractivity contribution >= 4 is 11.3 Å². The van der Waals surface area contributed by atoms with Crippen LogP contribution < -0.4 is 5.73 Å². The highest BCUT2D eigenvalue weighted by atomic mass is 32.1. The van der Waals surface area contributed by atoms with E-state index >= 15 is 0 Å². The van der Waals surface area contributed by atoms with Gasteiger partial charge in [0, 0.05) is 23.3 Å². The monoisotopic (exact) mass is 267 g/mol. The maximum atomic E-state index is 5.69. The standard InChI is InChI=1S/C14H25N3S/c1-14(2,6-7-15)12-10-18-13(16-12)11-5-4-8-17(3)9-11/h10-11H,4-9,15H2,1-3H3. The van der Waals surface area contributed by atoms with Gasteiger partial charge < -0.3 is 10.6 Å². The van der Waals surface area contributed by atoms with Crippen LogP contribution in [-0.2, 0) is 5.41 Å². The first-order chi connectivity index (χ1) is 8.53. The van der Waals surface area contributed by atoms with Crippen molar-refractivity contribution in [3.63, 3.8) is 0 Å². The van der Waals surface area contributed by atoms with Crippen LogP contribution in [-0.4, -0.2) is 36.6 Å². The van der Waals surface area contributed by atoms with Crippen LogP contribution in [0.1, 0.15) is 49.7 Å². The lowest BCUT2D eigenvalue weighted by molar-refractivity contribution is 0.250. The van der Waals surface area contributed by atoms with Gasteiger partial charge in [0.15, 0.2) is 0 Å². The molecule has 2 rings (SSSR count). The second-order valence-electron chi connectivity index (χ2n) is 6.09. The first kappa shape index (κ1) is 14.0. The fraction of sp³-hybridized carbons (Fsp3) is 0.786. The lowest BCUT2D eigenvalue weighted by Gasteiger charge is -2.28. The predicted molar refractivity (Wildman–Crippen MR) is 78.3 cm³/mol. The maximum Gasteiger partial charge on any atom is 0.0972 e. The van der Waals surface area contributed by atoms with Crippen LogP contribution in [0, 0.1) is 0 Å². The van der Waals surface area contributed by atoms with Gasteiger partial charge in [-0.05, 0) is 39.4 Å². The van der Waals surface area contributed by atoms with Crippen LogP contribution >= 0.6 is 11.3 Å². The highest BCUT2D eigenvalue weighted by Gasteiger charge is 2.26. The van der Waals surface area contributed by atoms with Crippen molar-refractivity contribution in [2.45, 2.75) is 44.4 Å². The molecule has 4 heteroatoms. The van der Waals surface area contributed by atoms with E-state index in [1.807, 2.05) is 11.3 Å². The van der Waals surface area contributed by atoms with E-state index in [1.54, 1.807) is 0 Å². The van der Waals surface area contributed by atoms with Gasteiger partial charge in [0.05, 0.1) is 10.7 Å².